The fourth-order valence-electron chi connectivity index (χ4n) is 1.58. The van der Waals surface area contributed by atoms with Gasteiger partial charge in [-0.2, -0.15) is 0 Å². The van der Waals surface area contributed by atoms with Crippen LogP contribution in [0.1, 0.15) is 25.5 Å². The summed E-state index contributed by atoms with van der Waals surface area (Å²) in [7, 11) is 1.21. The van der Waals surface area contributed by atoms with Crippen molar-refractivity contribution in [1.29, 1.82) is 0 Å². The highest BCUT2D eigenvalue weighted by atomic mass is 19.1. The molecule has 1 aromatic rings. The number of benzene rings is 1. The number of ether oxygens (including phenoxy) is 1. The van der Waals surface area contributed by atoms with Gasteiger partial charge in [-0.1, -0.05) is 18.2 Å². The minimum Gasteiger partial charge on any atom is -0.467 e. The molecule has 0 saturated carbocycles. The third-order valence-electron chi connectivity index (χ3n) is 2.75. The maximum atomic E-state index is 13.5. The van der Waals surface area contributed by atoms with Gasteiger partial charge in [0.15, 0.2) is 5.60 Å². The number of aliphatic hydroxyl groups is 1. The van der Waals surface area contributed by atoms with E-state index in [-0.39, 0.29) is 18.4 Å². The molecule has 0 aliphatic rings. The van der Waals surface area contributed by atoms with E-state index in [1.807, 2.05) is 0 Å². The first-order valence-electron chi connectivity index (χ1n) is 5.67. The minimum absolute atomic E-state index is 0.0187. The smallest absolute Gasteiger partial charge is 0.338 e. The molecule has 5 heteroatoms. The van der Waals surface area contributed by atoms with Crippen LogP contribution in [0.2, 0.25) is 0 Å². The van der Waals surface area contributed by atoms with Gasteiger partial charge in [-0.05, 0) is 19.9 Å². The highest BCUT2D eigenvalue weighted by Gasteiger charge is 2.31. The van der Waals surface area contributed by atoms with Crippen molar-refractivity contribution < 1.29 is 19.0 Å². The summed E-state index contributed by atoms with van der Waals surface area (Å²) in [6.07, 6.45) is 0. The minimum atomic E-state index is -1.63. The van der Waals surface area contributed by atoms with E-state index in [0.29, 0.717) is 5.56 Å². The van der Waals surface area contributed by atoms with Crippen LogP contribution in [0.15, 0.2) is 24.3 Å². The lowest BCUT2D eigenvalue weighted by molar-refractivity contribution is -0.160. The molecule has 18 heavy (non-hydrogen) atoms. The number of esters is 1. The van der Waals surface area contributed by atoms with Crippen LogP contribution in [-0.4, -0.2) is 30.3 Å². The molecule has 0 spiro atoms. The monoisotopic (exact) mass is 255 g/mol. The molecule has 2 atom stereocenters. The molecule has 2 N–H and O–H groups in total. The van der Waals surface area contributed by atoms with E-state index in [4.69, 9.17) is 0 Å². The van der Waals surface area contributed by atoms with Crippen LogP contribution in [0.5, 0.6) is 0 Å². The first-order valence-corrected chi connectivity index (χ1v) is 5.67. The average Bonchev–Trinajstić information content (AvgIpc) is 2.35. The summed E-state index contributed by atoms with van der Waals surface area (Å²) in [4.78, 5) is 11.3. The van der Waals surface area contributed by atoms with Crippen LogP contribution in [0, 0.1) is 5.82 Å². The molecule has 4 nitrogen and oxygen atoms in total. The molecule has 0 aliphatic heterocycles. The van der Waals surface area contributed by atoms with E-state index in [2.05, 4.69) is 10.1 Å². The van der Waals surface area contributed by atoms with Crippen molar-refractivity contribution in [1.82, 2.24) is 5.32 Å². The number of carbonyl (C=O) groups is 1. The first-order chi connectivity index (χ1) is 8.38. The van der Waals surface area contributed by atoms with Gasteiger partial charge < -0.3 is 15.2 Å². The molecule has 0 aromatic heterocycles. The molecule has 0 amide bonds. The zero-order chi connectivity index (χ0) is 13.8. The summed E-state index contributed by atoms with van der Waals surface area (Å²) in [5.41, 5.74) is -1.15. The topological polar surface area (TPSA) is 58.6 Å². The Morgan fingerprint density at radius 3 is 2.72 bits per heavy atom. The van der Waals surface area contributed by atoms with E-state index >= 15 is 0 Å². The lowest BCUT2D eigenvalue weighted by atomic mass is 10.0. The van der Waals surface area contributed by atoms with Crippen LogP contribution < -0.4 is 5.32 Å². The Morgan fingerprint density at radius 2 is 2.17 bits per heavy atom. The number of hydrogen-bond donors (Lipinski definition) is 2. The molecule has 1 aromatic carbocycles. The molecule has 1 rings (SSSR count). The van der Waals surface area contributed by atoms with Crippen LogP contribution in [0.3, 0.4) is 0 Å². The Labute approximate surface area is 106 Å². The van der Waals surface area contributed by atoms with E-state index in [9.17, 15) is 14.3 Å². The Hall–Kier alpha value is -1.46. The average molecular weight is 255 g/mol. The van der Waals surface area contributed by atoms with Crippen LogP contribution in [0.4, 0.5) is 4.39 Å². The zero-order valence-electron chi connectivity index (χ0n) is 10.7. The third kappa shape index (κ3) is 3.51. The van der Waals surface area contributed by atoms with Gasteiger partial charge in [-0.25, -0.2) is 9.18 Å². The second-order valence-corrected chi connectivity index (χ2v) is 4.39. The zero-order valence-corrected chi connectivity index (χ0v) is 10.7. The second-order valence-electron chi connectivity index (χ2n) is 4.39. The predicted octanol–water partition coefficient (Wildman–Crippen LogP) is 1.40. The molecule has 1 unspecified atom stereocenters. The summed E-state index contributed by atoms with van der Waals surface area (Å²) in [6.45, 7) is 3.08. The summed E-state index contributed by atoms with van der Waals surface area (Å²) < 4.78 is 18.0. The number of halogens is 1. The van der Waals surface area contributed by atoms with E-state index in [1.54, 1.807) is 25.1 Å². The predicted molar refractivity (Wildman–Crippen MR) is 65.5 cm³/mol. The molecule has 0 radical (unpaired) electrons. The second kappa shape index (κ2) is 5.93. The quantitative estimate of drug-likeness (QED) is 0.781. The molecule has 0 fully saturated rings. The van der Waals surface area contributed by atoms with Gasteiger partial charge in [0.2, 0.25) is 0 Å². The molecule has 0 aliphatic carbocycles. The van der Waals surface area contributed by atoms with Crippen molar-refractivity contribution >= 4 is 5.97 Å². The number of hydrogen-bond acceptors (Lipinski definition) is 4. The largest absolute Gasteiger partial charge is 0.467 e. The Morgan fingerprint density at radius 1 is 1.56 bits per heavy atom. The molecular weight excluding hydrogens is 237 g/mol. The van der Waals surface area contributed by atoms with Gasteiger partial charge in [0.25, 0.3) is 0 Å². The van der Waals surface area contributed by atoms with Crippen molar-refractivity contribution in [2.75, 3.05) is 13.7 Å². The summed E-state index contributed by atoms with van der Waals surface area (Å²) in [5.74, 6) is -1.05. The van der Waals surface area contributed by atoms with Gasteiger partial charge in [-0.3, -0.25) is 0 Å². The standard InChI is InChI=1S/C13H18FNO3/c1-9(10-6-4-5-7-11(10)14)15-8-13(2,17)12(16)18-3/h4-7,9,15,17H,8H2,1-3H3/t9-,13?/m1/s1. The van der Waals surface area contributed by atoms with Crippen LogP contribution >= 0.6 is 0 Å². The van der Waals surface area contributed by atoms with Crippen molar-refractivity contribution in [2.24, 2.45) is 0 Å². The van der Waals surface area contributed by atoms with E-state index in [1.165, 1.54) is 20.1 Å². The highest BCUT2D eigenvalue weighted by Crippen LogP contribution is 2.17. The maximum Gasteiger partial charge on any atom is 0.338 e. The van der Waals surface area contributed by atoms with Crippen molar-refractivity contribution in [3.63, 3.8) is 0 Å². The van der Waals surface area contributed by atoms with Crippen LogP contribution in [0.25, 0.3) is 0 Å². The molecule has 0 bridgehead atoms. The van der Waals surface area contributed by atoms with Crippen LogP contribution in [-0.2, 0) is 9.53 Å². The van der Waals surface area contributed by atoms with Crippen molar-refractivity contribution in [3.05, 3.63) is 35.6 Å². The van der Waals surface area contributed by atoms with Gasteiger partial charge >= 0.3 is 5.97 Å². The lowest BCUT2D eigenvalue weighted by Gasteiger charge is -2.23. The maximum absolute atomic E-state index is 13.5. The summed E-state index contributed by atoms with van der Waals surface area (Å²) in [5, 5.41) is 12.7. The Balaban J connectivity index is 2.64. The SMILES string of the molecule is COC(=O)C(C)(O)CN[C@H](C)c1ccccc1F. The Bertz CT molecular complexity index is 420. The normalized spacial score (nSPS) is 15.8. The van der Waals surface area contributed by atoms with Crippen molar-refractivity contribution in [3.8, 4) is 0 Å². The first kappa shape index (κ1) is 14.6. The number of rotatable bonds is 5. The molecule has 0 heterocycles. The summed E-state index contributed by atoms with van der Waals surface area (Å²) in [6, 6.07) is 6.04. The molecule has 100 valence electrons. The third-order valence-corrected chi connectivity index (χ3v) is 2.75. The number of carbonyl (C=O) groups excluding carboxylic acids is 1. The number of methoxy groups -OCH3 is 1. The Kier molecular flexibility index (Phi) is 4.81. The summed E-state index contributed by atoms with van der Waals surface area (Å²) >= 11 is 0. The molecular formula is C13H18FNO3. The van der Waals surface area contributed by atoms with E-state index in [0.717, 1.165) is 0 Å². The molecule has 0 saturated heterocycles. The van der Waals surface area contributed by atoms with Crippen molar-refractivity contribution in [2.45, 2.75) is 25.5 Å². The highest BCUT2D eigenvalue weighted by molar-refractivity contribution is 5.78. The van der Waals surface area contributed by atoms with Gasteiger partial charge in [0, 0.05) is 18.2 Å². The fourth-order valence-corrected chi connectivity index (χ4v) is 1.58. The van der Waals surface area contributed by atoms with Gasteiger partial charge in [0.05, 0.1) is 7.11 Å². The fraction of sp³-hybridized carbons (Fsp3) is 0.462. The van der Waals surface area contributed by atoms with Gasteiger partial charge in [-0.15, -0.1) is 0 Å². The van der Waals surface area contributed by atoms with E-state index < -0.39 is 11.6 Å². The lowest BCUT2D eigenvalue weighted by Crippen LogP contribution is -2.46. The van der Waals surface area contributed by atoms with Gasteiger partial charge in [0.1, 0.15) is 5.82 Å². The number of nitrogens with one attached hydrogen (secondary N) is 1.